The highest BCUT2D eigenvalue weighted by molar-refractivity contribution is 6.32. The van der Waals surface area contributed by atoms with Crippen molar-refractivity contribution in [3.8, 4) is 5.69 Å². The topological polar surface area (TPSA) is 97.1 Å². The Bertz CT molecular complexity index is 699. The highest BCUT2D eigenvalue weighted by Crippen LogP contribution is 2.18. The molecule has 2 aromatic rings. The molecule has 0 radical (unpaired) electrons. The number of benzene rings is 1. The first kappa shape index (κ1) is 16.0. The van der Waals surface area contributed by atoms with Crippen LogP contribution in [0.25, 0.3) is 5.69 Å². The first-order valence-corrected chi connectivity index (χ1v) is 6.99. The summed E-state index contributed by atoms with van der Waals surface area (Å²) >= 11 is 6.05. The van der Waals surface area contributed by atoms with Crippen molar-refractivity contribution < 1.29 is 14.7 Å². The van der Waals surface area contributed by atoms with Crippen LogP contribution < -0.4 is 5.32 Å². The Balaban J connectivity index is 2.19. The lowest BCUT2D eigenvalue weighted by atomic mass is 10.0. The number of nitrogens with zero attached hydrogens (tertiary/aromatic N) is 3. The lowest BCUT2D eigenvalue weighted by Gasteiger charge is -2.16. The van der Waals surface area contributed by atoms with Gasteiger partial charge in [-0.1, -0.05) is 42.8 Å². The third kappa shape index (κ3) is 3.43. The monoisotopic (exact) mass is 322 g/mol. The molecule has 0 aliphatic heterocycles. The van der Waals surface area contributed by atoms with Crippen LogP contribution in [-0.2, 0) is 4.79 Å². The minimum Gasteiger partial charge on any atom is -0.480 e. The second kappa shape index (κ2) is 6.57. The molecule has 0 bridgehead atoms. The summed E-state index contributed by atoms with van der Waals surface area (Å²) in [6.07, 6.45) is 1.40. The smallest absolute Gasteiger partial charge is 0.326 e. The molecule has 1 aromatic carbocycles. The van der Waals surface area contributed by atoms with Crippen molar-refractivity contribution in [1.82, 2.24) is 20.3 Å². The van der Waals surface area contributed by atoms with Gasteiger partial charge in [-0.25, -0.2) is 9.48 Å². The fourth-order valence-electron chi connectivity index (χ4n) is 1.85. The summed E-state index contributed by atoms with van der Waals surface area (Å²) in [5.74, 6) is -1.94. The Hall–Kier alpha value is -2.41. The predicted molar refractivity (Wildman–Crippen MR) is 80.1 cm³/mol. The third-order valence-electron chi connectivity index (χ3n) is 3.04. The van der Waals surface area contributed by atoms with Crippen LogP contribution in [0.1, 0.15) is 24.3 Å². The van der Waals surface area contributed by atoms with Crippen molar-refractivity contribution >= 4 is 23.5 Å². The molecule has 1 aromatic heterocycles. The number of nitrogens with one attached hydrogen (secondary N) is 1. The van der Waals surface area contributed by atoms with Crippen LogP contribution in [-0.4, -0.2) is 38.0 Å². The van der Waals surface area contributed by atoms with Crippen molar-refractivity contribution in [2.45, 2.75) is 19.9 Å². The van der Waals surface area contributed by atoms with E-state index in [1.54, 1.807) is 38.1 Å². The molecule has 0 unspecified atom stereocenters. The largest absolute Gasteiger partial charge is 0.480 e. The van der Waals surface area contributed by atoms with Crippen LogP contribution in [0.5, 0.6) is 0 Å². The summed E-state index contributed by atoms with van der Waals surface area (Å²) in [5.41, 5.74) is 0.598. The zero-order valence-corrected chi connectivity index (χ0v) is 12.8. The molecule has 116 valence electrons. The zero-order valence-electron chi connectivity index (χ0n) is 12.0. The molecule has 1 amide bonds. The molecule has 0 saturated carbocycles. The van der Waals surface area contributed by atoms with E-state index in [0.717, 1.165) is 0 Å². The fourth-order valence-corrected chi connectivity index (χ4v) is 2.07. The van der Waals surface area contributed by atoms with Gasteiger partial charge in [-0.05, 0) is 18.1 Å². The van der Waals surface area contributed by atoms with Gasteiger partial charge in [0.25, 0.3) is 5.91 Å². The molecule has 0 aliphatic rings. The van der Waals surface area contributed by atoms with Crippen molar-refractivity contribution in [3.05, 3.63) is 41.2 Å². The van der Waals surface area contributed by atoms with Gasteiger partial charge in [0, 0.05) is 0 Å². The first-order valence-electron chi connectivity index (χ1n) is 6.61. The number of carboxylic acid groups (broad SMARTS) is 1. The fraction of sp³-hybridized carbons (Fsp3) is 0.286. The zero-order chi connectivity index (χ0) is 16.3. The number of hydrogen-bond donors (Lipinski definition) is 2. The Morgan fingerprint density at radius 1 is 1.32 bits per heavy atom. The minimum atomic E-state index is -1.10. The average molecular weight is 323 g/mol. The lowest BCUT2D eigenvalue weighted by molar-refractivity contribution is -0.140. The molecule has 1 heterocycles. The van der Waals surface area contributed by atoms with E-state index >= 15 is 0 Å². The van der Waals surface area contributed by atoms with Gasteiger partial charge in [0.05, 0.1) is 16.9 Å². The van der Waals surface area contributed by atoms with Crippen LogP contribution in [0, 0.1) is 5.92 Å². The number of rotatable bonds is 5. The van der Waals surface area contributed by atoms with Gasteiger partial charge in [-0.2, -0.15) is 0 Å². The van der Waals surface area contributed by atoms with E-state index in [-0.39, 0.29) is 11.6 Å². The number of carboxylic acids is 1. The van der Waals surface area contributed by atoms with Crippen molar-refractivity contribution in [1.29, 1.82) is 0 Å². The summed E-state index contributed by atoms with van der Waals surface area (Å²) in [4.78, 5) is 23.2. The van der Waals surface area contributed by atoms with Gasteiger partial charge in [-0.15, -0.1) is 5.10 Å². The molecule has 2 rings (SSSR count). The van der Waals surface area contributed by atoms with E-state index in [0.29, 0.717) is 10.7 Å². The maximum atomic E-state index is 12.1. The van der Waals surface area contributed by atoms with Crippen LogP contribution in [0.4, 0.5) is 0 Å². The third-order valence-corrected chi connectivity index (χ3v) is 3.36. The summed E-state index contributed by atoms with van der Waals surface area (Å²) < 4.78 is 1.36. The molecular weight excluding hydrogens is 308 g/mol. The van der Waals surface area contributed by atoms with E-state index in [1.807, 2.05) is 0 Å². The predicted octanol–water partition coefficient (Wildman–Crippen LogP) is 1.76. The number of carbonyl (C=O) groups is 2. The average Bonchev–Trinajstić information content (AvgIpc) is 2.94. The Morgan fingerprint density at radius 3 is 2.59 bits per heavy atom. The van der Waals surface area contributed by atoms with E-state index in [4.69, 9.17) is 16.7 Å². The van der Waals surface area contributed by atoms with E-state index in [9.17, 15) is 9.59 Å². The highest BCUT2D eigenvalue weighted by Gasteiger charge is 2.25. The second-order valence-corrected chi connectivity index (χ2v) is 5.44. The maximum absolute atomic E-state index is 12.1. The highest BCUT2D eigenvalue weighted by atomic mass is 35.5. The number of amides is 1. The van der Waals surface area contributed by atoms with E-state index in [1.165, 1.54) is 10.9 Å². The molecule has 0 fully saturated rings. The van der Waals surface area contributed by atoms with Gasteiger partial charge in [-0.3, -0.25) is 4.79 Å². The number of carbonyl (C=O) groups excluding carboxylic acids is 1. The van der Waals surface area contributed by atoms with Crippen LogP contribution in [0.3, 0.4) is 0 Å². The Kier molecular flexibility index (Phi) is 4.77. The molecule has 8 heteroatoms. The molecular formula is C14H15ClN4O3. The number of aromatic nitrogens is 3. The van der Waals surface area contributed by atoms with Gasteiger partial charge in [0.2, 0.25) is 0 Å². The van der Waals surface area contributed by atoms with E-state index < -0.39 is 17.9 Å². The standard InChI is InChI=1S/C14H15ClN4O3/c1-8(2)12(14(21)22)16-13(20)10-7-19(18-17-10)11-6-4-3-5-9(11)15/h3-8,12H,1-2H3,(H,16,20)(H,21,22)/t12-/m1/s1. The Labute approximate surface area is 131 Å². The molecule has 0 saturated heterocycles. The van der Waals surface area contributed by atoms with E-state index in [2.05, 4.69) is 15.6 Å². The van der Waals surface area contributed by atoms with Crippen LogP contribution >= 0.6 is 11.6 Å². The molecule has 22 heavy (non-hydrogen) atoms. The normalized spacial score (nSPS) is 12.2. The van der Waals surface area contributed by atoms with Crippen LogP contribution in [0.15, 0.2) is 30.5 Å². The lowest BCUT2D eigenvalue weighted by Crippen LogP contribution is -2.44. The van der Waals surface area contributed by atoms with Crippen molar-refractivity contribution in [3.63, 3.8) is 0 Å². The first-order chi connectivity index (χ1) is 10.4. The summed E-state index contributed by atoms with van der Waals surface area (Å²) in [7, 11) is 0. The SMILES string of the molecule is CC(C)[C@@H](NC(=O)c1cn(-c2ccccc2Cl)nn1)C(=O)O. The molecule has 2 N–H and O–H groups in total. The minimum absolute atomic E-state index is 0.0202. The molecule has 1 atom stereocenters. The molecule has 0 spiro atoms. The number of hydrogen-bond acceptors (Lipinski definition) is 4. The maximum Gasteiger partial charge on any atom is 0.326 e. The van der Waals surface area contributed by atoms with Crippen molar-refractivity contribution in [2.24, 2.45) is 5.92 Å². The van der Waals surface area contributed by atoms with Crippen LogP contribution in [0.2, 0.25) is 5.02 Å². The van der Waals surface area contributed by atoms with Gasteiger partial charge < -0.3 is 10.4 Å². The molecule has 7 nitrogen and oxygen atoms in total. The number of aliphatic carboxylic acids is 1. The summed E-state index contributed by atoms with van der Waals surface area (Å²) in [5, 5.41) is 19.6. The van der Waals surface area contributed by atoms with Gasteiger partial charge in [0.15, 0.2) is 5.69 Å². The van der Waals surface area contributed by atoms with Gasteiger partial charge in [0.1, 0.15) is 6.04 Å². The Morgan fingerprint density at radius 2 is 2.00 bits per heavy atom. The quantitative estimate of drug-likeness (QED) is 0.874. The summed E-state index contributed by atoms with van der Waals surface area (Å²) in [6, 6.07) is 5.99. The number of para-hydroxylation sites is 1. The van der Waals surface area contributed by atoms with Crippen molar-refractivity contribution in [2.75, 3.05) is 0 Å². The van der Waals surface area contributed by atoms with Gasteiger partial charge >= 0.3 is 5.97 Å². The summed E-state index contributed by atoms with van der Waals surface area (Å²) in [6.45, 7) is 3.42. The number of halogens is 1. The second-order valence-electron chi connectivity index (χ2n) is 5.03. The molecule has 0 aliphatic carbocycles.